The summed E-state index contributed by atoms with van der Waals surface area (Å²) in [7, 11) is 3.36. The molecule has 4 N–H and O–H groups in total. The summed E-state index contributed by atoms with van der Waals surface area (Å²) in [6, 6.07) is -0.0177. The van der Waals surface area contributed by atoms with Crippen molar-refractivity contribution in [3.63, 3.8) is 0 Å². The lowest BCUT2D eigenvalue weighted by Crippen LogP contribution is -2.41. The van der Waals surface area contributed by atoms with Gasteiger partial charge in [0, 0.05) is 19.5 Å². The third-order valence-corrected chi connectivity index (χ3v) is 2.07. The van der Waals surface area contributed by atoms with E-state index in [1.807, 2.05) is 6.92 Å². The largest absolute Gasteiger partial charge is 0.358 e. The van der Waals surface area contributed by atoms with Crippen molar-refractivity contribution in [2.45, 2.75) is 19.4 Å². The van der Waals surface area contributed by atoms with Gasteiger partial charge in [-0.25, -0.2) is 5.84 Å². The van der Waals surface area contributed by atoms with Gasteiger partial charge in [0.1, 0.15) is 0 Å². The van der Waals surface area contributed by atoms with Gasteiger partial charge in [0.05, 0.1) is 6.54 Å². The highest BCUT2D eigenvalue weighted by Crippen LogP contribution is 1.99. The molecule has 0 heterocycles. The van der Waals surface area contributed by atoms with Crippen LogP contribution in [0.15, 0.2) is 0 Å². The predicted octanol–water partition coefficient (Wildman–Crippen LogP) is -1.57. The Morgan fingerprint density at radius 2 is 2.00 bits per heavy atom. The molecule has 1 atom stereocenters. The molecule has 2 amide bonds. The Morgan fingerprint density at radius 1 is 1.43 bits per heavy atom. The second-order valence-electron chi connectivity index (χ2n) is 3.21. The number of carbonyl (C=O) groups is 2. The van der Waals surface area contributed by atoms with Crippen molar-refractivity contribution in [3.05, 3.63) is 0 Å². The second-order valence-corrected chi connectivity index (χ2v) is 3.21. The zero-order valence-electron chi connectivity index (χ0n) is 8.83. The summed E-state index contributed by atoms with van der Waals surface area (Å²) in [5, 5.41) is 2.51. The van der Waals surface area contributed by atoms with Crippen LogP contribution < -0.4 is 16.6 Å². The number of hydrazine groups is 1. The van der Waals surface area contributed by atoms with Gasteiger partial charge >= 0.3 is 0 Å². The summed E-state index contributed by atoms with van der Waals surface area (Å²) in [4.78, 5) is 23.7. The molecule has 0 aromatic heterocycles. The topological polar surface area (TPSA) is 87.5 Å². The van der Waals surface area contributed by atoms with Gasteiger partial charge in [-0.15, -0.1) is 0 Å². The van der Waals surface area contributed by atoms with Gasteiger partial charge in [-0.1, -0.05) is 0 Å². The molecule has 14 heavy (non-hydrogen) atoms. The van der Waals surface area contributed by atoms with Crippen LogP contribution in [0.3, 0.4) is 0 Å². The van der Waals surface area contributed by atoms with Gasteiger partial charge < -0.3 is 5.32 Å². The molecule has 0 saturated heterocycles. The van der Waals surface area contributed by atoms with Gasteiger partial charge in [0.25, 0.3) is 0 Å². The molecular formula is C8H18N4O2. The monoisotopic (exact) mass is 202 g/mol. The first-order valence-corrected chi connectivity index (χ1v) is 4.41. The fourth-order valence-electron chi connectivity index (χ4n) is 0.944. The maximum absolute atomic E-state index is 11.0. The molecule has 6 heteroatoms. The van der Waals surface area contributed by atoms with Crippen molar-refractivity contribution in [2.24, 2.45) is 5.84 Å². The minimum Gasteiger partial charge on any atom is -0.358 e. The zero-order valence-corrected chi connectivity index (χ0v) is 8.83. The van der Waals surface area contributed by atoms with E-state index < -0.39 is 0 Å². The van der Waals surface area contributed by atoms with E-state index in [0.717, 1.165) is 0 Å². The average molecular weight is 202 g/mol. The zero-order chi connectivity index (χ0) is 11.1. The Kier molecular flexibility index (Phi) is 5.82. The van der Waals surface area contributed by atoms with E-state index in [0.29, 0.717) is 0 Å². The van der Waals surface area contributed by atoms with Crippen molar-refractivity contribution in [2.75, 3.05) is 20.6 Å². The third-order valence-electron chi connectivity index (χ3n) is 2.07. The van der Waals surface area contributed by atoms with E-state index in [1.165, 1.54) is 0 Å². The second kappa shape index (κ2) is 6.33. The first-order chi connectivity index (χ1) is 6.51. The highest BCUT2D eigenvalue weighted by molar-refractivity contribution is 5.78. The van der Waals surface area contributed by atoms with Crippen LogP contribution >= 0.6 is 0 Å². The summed E-state index contributed by atoms with van der Waals surface area (Å²) < 4.78 is 0. The predicted molar refractivity (Wildman–Crippen MR) is 53.1 cm³/mol. The molecule has 0 aromatic rings. The number of nitrogens with one attached hydrogen (secondary N) is 2. The van der Waals surface area contributed by atoms with Gasteiger partial charge in [-0.3, -0.25) is 19.9 Å². The molecule has 0 bridgehead atoms. The minimum atomic E-state index is -0.235. The number of likely N-dealkylation sites (N-methyl/N-ethyl adjacent to an activating group) is 2. The quantitative estimate of drug-likeness (QED) is 0.285. The Labute approximate surface area is 83.8 Å². The van der Waals surface area contributed by atoms with E-state index in [4.69, 9.17) is 5.84 Å². The van der Waals surface area contributed by atoms with Crippen molar-refractivity contribution >= 4 is 11.8 Å². The molecule has 6 nitrogen and oxygen atoms in total. The Bertz CT molecular complexity index is 186. The molecule has 0 spiro atoms. The smallest absolute Gasteiger partial charge is 0.235 e. The van der Waals surface area contributed by atoms with Gasteiger partial charge in [-0.05, 0) is 14.0 Å². The standard InChI is InChI=1S/C8H18N4O2/c1-6(4-7(13)11-9)12(3)5-8(14)10-2/h6H,4-5,9H2,1-3H3,(H,10,14)(H,11,13). The fraction of sp³-hybridized carbons (Fsp3) is 0.750. The van der Waals surface area contributed by atoms with Gasteiger partial charge in [-0.2, -0.15) is 0 Å². The van der Waals surface area contributed by atoms with E-state index in [1.54, 1.807) is 19.0 Å². The van der Waals surface area contributed by atoms with E-state index in [9.17, 15) is 9.59 Å². The Hall–Kier alpha value is -1.14. The molecule has 0 radical (unpaired) electrons. The lowest BCUT2D eigenvalue weighted by atomic mass is 10.2. The minimum absolute atomic E-state index is 0.0177. The van der Waals surface area contributed by atoms with Crippen LogP contribution in [-0.2, 0) is 9.59 Å². The molecule has 0 rings (SSSR count). The molecule has 82 valence electrons. The summed E-state index contributed by atoms with van der Waals surface area (Å²) in [6.45, 7) is 2.13. The van der Waals surface area contributed by atoms with E-state index in [-0.39, 0.29) is 30.8 Å². The van der Waals surface area contributed by atoms with Crippen molar-refractivity contribution in [1.82, 2.24) is 15.6 Å². The maximum Gasteiger partial charge on any atom is 0.235 e. The van der Waals surface area contributed by atoms with Crippen LogP contribution in [-0.4, -0.2) is 43.4 Å². The van der Waals surface area contributed by atoms with Gasteiger partial charge in [0.15, 0.2) is 0 Å². The van der Waals surface area contributed by atoms with Crippen molar-refractivity contribution < 1.29 is 9.59 Å². The van der Waals surface area contributed by atoms with Crippen molar-refractivity contribution in [1.29, 1.82) is 0 Å². The van der Waals surface area contributed by atoms with Crippen LogP contribution in [0, 0.1) is 0 Å². The summed E-state index contributed by atoms with van der Waals surface area (Å²) >= 11 is 0. The summed E-state index contributed by atoms with van der Waals surface area (Å²) in [6.07, 6.45) is 0.282. The van der Waals surface area contributed by atoms with Gasteiger partial charge in [0.2, 0.25) is 11.8 Å². The number of rotatable bonds is 5. The van der Waals surface area contributed by atoms with Crippen molar-refractivity contribution in [3.8, 4) is 0 Å². The number of hydrogen-bond acceptors (Lipinski definition) is 4. The molecule has 0 fully saturated rings. The molecule has 0 aliphatic rings. The van der Waals surface area contributed by atoms with E-state index in [2.05, 4.69) is 10.7 Å². The fourth-order valence-corrected chi connectivity index (χ4v) is 0.944. The number of hydrogen-bond donors (Lipinski definition) is 3. The summed E-state index contributed by atoms with van der Waals surface area (Å²) in [5.41, 5.74) is 2.05. The Balaban J connectivity index is 3.92. The molecule has 0 aromatic carbocycles. The SMILES string of the molecule is CNC(=O)CN(C)C(C)CC(=O)NN. The number of nitrogens with two attached hydrogens (primary N) is 1. The first kappa shape index (κ1) is 12.9. The van der Waals surface area contributed by atoms with Crippen LogP contribution in [0.25, 0.3) is 0 Å². The number of carbonyl (C=O) groups excluding carboxylic acids is 2. The normalized spacial score (nSPS) is 12.4. The maximum atomic E-state index is 11.0. The molecule has 0 saturated carbocycles. The van der Waals surface area contributed by atoms with Crippen LogP contribution in [0.4, 0.5) is 0 Å². The van der Waals surface area contributed by atoms with Crippen LogP contribution in [0.1, 0.15) is 13.3 Å². The first-order valence-electron chi connectivity index (χ1n) is 4.41. The third kappa shape index (κ3) is 4.78. The summed E-state index contributed by atoms with van der Waals surface area (Å²) in [5.74, 6) is 4.64. The lowest BCUT2D eigenvalue weighted by Gasteiger charge is -2.22. The molecule has 0 aliphatic carbocycles. The highest BCUT2D eigenvalue weighted by Gasteiger charge is 2.14. The average Bonchev–Trinajstić information content (AvgIpc) is 2.17. The highest BCUT2D eigenvalue weighted by atomic mass is 16.2. The van der Waals surface area contributed by atoms with Crippen LogP contribution in [0.5, 0.6) is 0 Å². The number of nitrogens with zero attached hydrogens (tertiary/aromatic N) is 1. The lowest BCUT2D eigenvalue weighted by molar-refractivity contribution is -0.125. The van der Waals surface area contributed by atoms with E-state index >= 15 is 0 Å². The van der Waals surface area contributed by atoms with Crippen LogP contribution in [0.2, 0.25) is 0 Å². The molecule has 0 aliphatic heterocycles. The Morgan fingerprint density at radius 3 is 2.43 bits per heavy atom. The number of amides is 2. The molecular weight excluding hydrogens is 184 g/mol. The molecule has 1 unspecified atom stereocenters.